The number of likely N-dealkylation sites (tertiary alicyclic amines) is 1. The predicted molar refractivity (Wildman–Crippen MR) is 119 cm³/mol. The lowest BCUT2D eigenvalue weighted by Gasteiger charge is -2.41. The summed E-state index contributed by atoms with van der Waals surface area (Å²) in [5, 5.41) is 2.83. The van der Waals surface area contributed by atoms with Gasteiger partial charge in [0, 0.05) is 32.5 Å². The van der Waals surface area contributed by atoms with Crippen LogP contribution in [0.2, 0.25) is 0 Å². The molecular weight excluding hydrogens is 388 g/mol. The summed E-state index contributed by atoms with van der Waals surface area (Å²) in [4.78, 5) is 35.8. The Labute approximate surface area is 182 Å². The number of rotatable bonds is 5. The van der Waals surface area contributed by atoms with Gasteiger partial charge in [-0.25, -0.2) is 4.98 Å². The Bertz CT molecular complexity index is 1040. The molecule has 2 heterocycles. The van der Waals surface area contributed by atoms with Crippen LogP contribution in [0.1, 0.15) is 28.9 Å². The Balaban J connectivity index is 1.56. The van der Waals surface area contributed by atoms with E-state index in [1.807, 2.05) is 18.2 Å². The van der Waals surface area contributed by atoms with E-state index < -0.39 is 5.41 Å². The van der Waals surface area contributed by atoms with Crippen LogP contribution >= 0.6 is 0 Å². The van der Waals surface area contributed by atoms with Crippen molar-refractivity contribution in [1.29, 1.82) is 0 Å². The second-order valence-electron chi connectivity index (χ2n) is 8.02. The predicted octanol–water partition coefficient (Wildman–Crippen LogP) is 3.35. The third kappa shape index (κ3) is 4.48. The smallest absolute Gasteiger partial charge is 0.274 e. The summed E-state index contributed by atoms with van der Waals surface area (Å²) in [6, 6.07) is 18.6. The van der Waals surface area contributed by atoms with E-state index in [4.69, 9.17) is 0 Å². The maximum atomic E-state index is 13.0. The monoisotopic (exact) mass is 414 g/mol. The molecule has 0 radical (unpaired) electrons. The van der Waals surface area contributed by atoms with Gasteiger partial charge in [-0.2, -0.15) is 0 Å². The Morgan fingerprint density at radius 1 is 1.03 bits per heavy atom. The Hall–Kier alpha value is -3.54. The van der Waals surface area contributed by atoms with Gasteiger partial charge < -0.3 is 10.2 Å². The van der Waals surface area contributed by atoms with Crippen molar-refractivity contribution in [2.24, 2.45) is 5.41 Å². The molecule has 0 saturated carbocycles. The first-order valence-corrected chi connectivity index (χ1v) is 10.5. The fraction of sp³-hybridized carbons (Fsp3) is 0.280. The Kier molecular flexibility index (Phi) is 6.07. The number of carbonyl (C=O) groups is 2. The number of benzene rings is 2. The van der Waals surface area contributed by atoms with Crippen molar-refractivity contribution in [3.8, 4) is 11.1 Å². The van der Waals surface area contributed by atoms with Gasteiger partial charge in [0.15, 0.2) is 0 Å². The Morgan fingerprint density at radius 3 is 2.45 bits per heavy atom. The van der Waals surface area contributed by atoms with Crippen molar-refractivity contribution in [2.45, 2.75) is 19.3 Å². The lowest BCUT2D eigenvalue weighted by atomic mass is 9.74. The highest BCUT2D eigenvalue weighted by Crippen LogP contribution is 2.35. The van der Waals surface area contributed by atoms with Gasteiger partial charge in [0.05, 0.1) is 11.6 Å². The van der Waals surface area contributed by atoms with Gasteiger partial charge in [-0.1, -0.05) is 54.6 Å². The number of amides is 2. The van der Waals surface area contributed by atoms with Crippen LogP contribution in [0.15, 0.2) is 73.2 Å². The molecule has 0 unspecified atom stereocenters. The summed E-state index contributed by atoms with van der Waals surface area (Å²) in [5.74, 6) is -0.211. The standard InChI is InChI=1S/C25H26N4O2/c1-26-24(31)25(12-5-15-29(18-25)23(30)22-17-27-13-14-28-22)16-19-8-10-21(11-9-19)20-6-3-2-4-7-20/h2-4,6-11,13-14,17H,5,12,15-16,18H2,1H3,(H,26,31)/t25-/m0/s1. The highest BCUT2D eigenvalue weighted by atomic mass is 16.2. The van der Waals surface area contributed by atoms with Crippen LogP contribution in [0.3, 0.4) is 0 Å². The van der Waals surface area contributed by atoms with Crippen LogP contribution in [-0.4, -0.2) is 46.8 Å². The van der Waals surface area contributed by atoms with Crippen LogP contribution in [0.5, 0.6) is 0 Å². The molecule has 2 amide bonds. The average molecular weight is 415 g/mol. The molecule has 1 fully saturated rings. The summed E-state index contributed by atoms with van der Waals surface area (Å²) in [6.07, 6.45) is 6.60. The fourth-order valence-corrected chi connectivity index (χ4v) is 4.39. The lowest BCUT2D eigenvalue weighted by Crippen LogP contribution is -2.54. The topological polar surface area (TPSA) is 75.2 Å². The van der Waals surface area contributed by atoms with Gasteiger partial charge in [-0.15, -0.1) is 0 Å². The number of nitrogens with zero attached hydrogens (tertiary/aromatic N) is 3. The molecule has 3 aromatic rings. The molecule has 4 rings (SSSR count). The van der Waals surface area contributed by atoms with E-state index in [-0.39, 0.29) is 11.8 Å². The number of hydrogen-bond donors (Lipinski definition) is 1. The van der Waals surface area contributed by atoms with Gasteiger partial charge >= 0.3 is 0 Å². The normalized spacial score (nSPS) is 18.4. The van der Waals surface area contributed by atoms with E-state index in [0.29, 0.717) is 25.2 Å². The summed E-state index contributed by atoms with van der Waals surface area (Å²) in [5.41, 5.74) is 3.02. The molecule has 0 bridgehead atoms. The molecule has 1 atom stereocenters. The third-order valence-corrected chi connectivity index (χ3v) is 5.96. The largest absolute Gasteiger partial charge is 0.359 e. The van der Waals surface area contributed by atoms with Gasteiger partial charge in [-0.3, -0.25) is 14.6 Å². The second kappa shape index (κ2) is 9.08. The van der Waals surface area contributed by atoms with E-state index >= 15 is 0 Å². The minimum Gasteiger partial charge on any atom is -0.359 e. The number of aromatic nitrogens is 2. The minimum atomic E-state index is -0.668. The molecule has 158 valence electrons. The number of nitrogens with one attached hydrogen (secondary N) is 1. The molecular formula is C25H26N4O2. The van der Waals surface area contributed by atoms with E-state index in [2.05, 4.69) is 51.7 Å². The zero-order valence-corrected chi connectivity index (χ0v) is 17.6. The molecule has 6 nitrogen and oxygen atoms in total. The summed E-state index contributed by atoms with van der Waals surface area (Å²) >= 11 is 0. The molecule has 31 heavy (non-hydrogen) atoms. The molecule has 1 aliphatic heterocycles. The van der Waals surface area contributed by atoms with Gasteiger partial charge in [0.2, 0.25) is 5.91 Å². The van der Waals surface area contributed by atoms with Crippen molar-refractivity contribution in [2.75, 3.05) is 20.1 Å². The molecule has 0 aliphatic carbocycles. The second-order valence-corrected chi connectivity index (χ2v) is 8.02. The molecule has 6 heteroatoms. The first kappa shape index (κ1) is 20.7. The van der Waals surface area contributed by atoms with Crippen molar-refractivity contribution in [1.82, 2.24) is 20.2 Å². The SMILES string of the molecule is CNC(=O)[C@]1(Cc2ccc(-c3ccccc3)cc2)CCCN(C(=O)c2cnccn2)C1. The first-order valence-electron chi connectivity index (χ1n) is 10.5. The average Bonchev–Trinajstić information content (AvgIpc) is 2.84. The Morgan fingerprint density at radius 2 is 1.77 bits per heavy atom. The summed E-state index contributed by atoms with van der Waals surface area (Å²) in [7, 11) is 1.66. The molecule has 1 N–H and O–H groups in total. The number of hydrogen-bond acceptors (Lipinski definition) is 4. The van der Waals surface area contributed by atoms with E-state index in [1.54, 1.807) is 18.1 Å². The molecule has 1 aromatic heterocycles. The molecule has 1 saturated heterocycles. The van der Waals surface area contributed by atoms with Gasteiger partial charge in [0.1, 0.15) is 5.69 Å². The maximum absolute atomic E-state index is 13.0. The molecule has 0 spiro atoms. The lowest BCUT2D eigenvalue weighted by molar-refractivity contribution is -0.133. The van der Waals surface area contributed by atoms with Crippen LogP contribution in [0, 0.1) is 5.41 Å². The van der Waals surface area contributed by atoms with Gasteiger partial charge in [0.25, 0.3) is 5.91 Å². The first-order chi connectivity index (χ1) is 15.1. The molecule has 1 aliphatic rings. The van der Waals surface area contributed by atoms with E-state index in [0.717, 1.165) is 29.5 Å². The summed E-state index contributed by atoms with van der Waals surface area (Å²) < 4.78 is 0. The van der Waals surface area contributed by atoms with Crippen LogP contribution in [-0.2, 0) is 11.2 Å². The zero-order valence-electron chi connectivity index (χ0n) is 17.6. The van der Waals surface area contributed by atoms with Crippen molar-refractivity contribution >= 4 is 11.8 Å². The number of piperidine rings is 1. The highest BCUT2D eigenvalue weighted by molar-refractivity contribution is 5.93. The van der Waals surface area contributed by atoms with E-state index in [1.165, 1.54) is 12.4 Å². The zero-order chi connectivity index (χ0) is 21.7. The van der Waals surface area contributed by atoms with Crippen LogP contribution in [0.25, 0.3) is 11.1 Å². The maximum Gasteiger partial charge on any atom is 0.274 e. The van der Waals surface area contributed by atoms with Crippen molar-refractivity contribution < 1.29 is 9.59 Å². The van der Waals surface area contributed by atoms with Crippen molar-refractivity contribution in [3.05, 3.63) is 84.4 Å². The van der Waals surface area contributed by atoms with Crippen molar-refractivity contribution in [3.63, 3.8) is 0 Å². The van der Waals surface area contributed by atoms with Gasteiger partial charge in [-0.05, 0) is 36.0 Å². The minimum absolute atomic E-state index is 0.0312. The highest BCUT2D eigenvalue weighted by Gasteiger charge is 2.43. The quantitative estimate of drug-likeness (QED) is 0.695. The fourth-order valence-electron chi connectivity index (χ4n) is 4.39. The third-order valence-electron chi connectivity index (χ3n) is 5.96. The summed E-state index contributed by atoms with van der Waals surface area (Å²) in [6.45, 7) is 0.976. The number of carbonyl (C=O) groups excluding carboxylic acids is 2. The molecule has 2 aromatic carbocycles. The van der Waals surface area contributed by atoms with E-state index in [9.17, 15) is 9.59 Å². The van der Waals surface area contributed by atoms with Crippen LogP contribution < -0.4 is 5.32 Å². The van der Waals surface area contributed by atoms with Crippen LogP contribution in [0.4, 0.5) is 0 Å².